The number of benzene rings is 2. The van der Waals surface area contributed by atoms with E-state index in [1.807, 2.05) is 36.4 Å². The summed E-state index contributed by atoms with van der Waals surface area (Å²) < 4.78 is 5.35. The summed E-state index contributed by atoms with van der Waals surface area (Å²) in [4.78, 5) is 12.3. The lowest BCUT2D eigenvalue weighted by Crippen LogP contribution is -2.02. The van der Waals surface area contributed by atoms with E-state index in [-0.39, 0.29) is 5.78 Å². The predicted molar refractivity (Wildman–Crippen MR) is 78.9 cm³/mol. The zero-order valence-electron chi connectivity index (χ0n) is 11.8. The second-order valence-electron chi connectivity index (χ2n) is 5.22. The van der Waals surface area contributed by atoms with E-state index in [2.05, 4.69) is 13.8 Å². The minimum Gasteiger partial charge on any atom is -0.496 e. The van der Waals surface area contributed by atoms with E-state index in [0.717, 1.165) is 28.5 Å². The molecule has 19 heavy (non-hydrogen) atoms. The molecule has 0 bridgehead atoms. The Hall–Kier alpha value is -1.83. The molecule has 2 aromatic rings. The number of methoxy groups -OCH3 is 1. The molecule has 2 nitrogen and oxygen atoms in total. The highest BCUT2D eigenvalue weighted by atomic mass is 16.5. The molecule has 0 aromatic heterocycles. The Bertz CT molecular complexity index is 585. The summed E-state index contributed by atoms with van der Waals surface area (Å²) in [7, 11) is 1.65. The van der Waals surface area contributed by atoms with Gasteiger partial charge in [0.1, 0.15) is 5.75 Å². The molecule has 0 unspecified atom stereocenters. The number of Topliss-reactive ketones (excluding diaryl/α,β-unsaturated/α-hetero) is 1. The van der Waals surface area contributed by atoms with Gasteiger partial charge in [-0.3, -0.25) is 4.79 Å². The molecule has 0 aliphatic heterocycles. The van der Waals surface area contributed by atoms with E-state index in [1.54, 1.807) is 7.11 Å². The lowest BCUT2D eigenvalue weighted by molar-refractivity contribution is 0.0977. The lowest BCUT2D eigenvalue weighted by Gasteiger charge is -2.10. The van der Waals surface area contributed by atoms with Crippen molar-refractivity contribution in [2.24, 2.45) is 5.92 Å². The summed E-state index contributed by atoms with van der Waals surface area (Å²) >= 11 is 0. The normalized spacial score (nSPS) is 10.9. The van der Waals surface area contributed by atoms with Gasteiger partial charge >= 0.3 is 0 Å². The van der Waals surface area contributed by atoms with E-state index in [0.29, 0.717) is 12.3 Å². The fraction of sp³-hybridized carbons (Fsp3) is 0.353. The van der Waals surface area contributed by atoms with Crippen LogP contribution < -0.4 is 4.74 Å². The largest absolute Gasteiger partial charge is 0.496 e. The quantitative estimate of drug-likeness (QED) is 0.738. The standard InChI is InChI=1S/C17H20O2/c1-12(2)8-10-16(18)14-9-11-17(19-3)15-7-5-4-6-13(14)15/h4-7,9,11-12H,8,10H2,1-3H3. The third kappa shape index (κ3) is 2.95. The zero-order valence-corrected chi connectivity index (χ0v) is 11.8. The van der Waals surface area contributed by atoms with Crippen molar-refractivity contribution in [2.45, 2.75) is 26.7 Å². The molecule has 100 valence electrons. The van der Waals surface area contributed by atoms with Gasteiger partial charge in [0.25, 0.3) is 0 Å². The first-order valence-electron chi connectivity index (χ1n) is 6.72. The van der Waals surface area contributed by atoms with Crippen LogP contribution in [-0.2, 0) is 0 Å². The molecule has 0 amide bonds. The number of ether oxygens (including phenoxy) is 1. The van der Waals surface area contributed by atoms with Gasteiger partial charge in [-0.15, -0.1) is 0 Å². The first-order chi connectivity index (χ1) is 9.13. The van der Waals surface area contributed by atoms with Crippen LogP contribution in [0.2, 0.25) is 0 Å². The number of hydrogen-bond donors (Lipinski definition) is 0. The average molecular weight is 256 g/mol. The van der Waals surface area contributed by atoms with Gasteiger partial charge in [-0.05, 0) is 29.9 Å². The van der Waals surface area contributed by atoms with E-state index in [9.17, 15) is 4.79 Å². The summed E-state index contributed by atoms with van der Waals surface area (Å²) in [5.74, 6) is 1.58. The molecule has 2 heteroatoms. The fourth-order valence-electron chi connectivity index (χ4n) is 2.25. The van der Waals surface area contributed by atoms with Crippen LogP contribution >= 0.6 is 0 Å². The summed E-state index contributed by atoms with van der Waals surface area (Å²) in [6, 6.07) is 11.7. The van der Waals surface area contributed by atoms with Crippen molar-refractivity contribution in [1.82, 2.24) is 0 Å². The molecule has 0 atom stereocenters. The highest BCUT2D eigenvalue weighted by Gasteiger charge is 2.12. The van der Waals surface area contributed by atoms with Crippen LogP contribution in [0, 0.1) is 5.92 Å². The van der Waals surface area contributed by atoms with Crippen molar-refractivity contribution < 1.29 is 9.53 Å². The maximum Gasteiger partial charge on any atom is 0.163 e. The number of carbonyl (C=O) groups excluding carboxylic acids is 1. The lowest BCUT2D eigenvalue weighted by atomic mass is 9.96. The van der Waals surface area contributed by atoms with Crippen LogP contribution in [0.4, 0.5) is 0 Å². The molecule has 2 rings (SSSR count). The van der Waals surface area contributed by atoms with Gasteiger partial charge in [0.2, 0.25) is 0 Å². The first-order valence-corrected chi connectivity index (χ1v) is 6.72. The van der Waals surface area contributed by atoms with Crippen LogP contribution in [0.1, 0.15) is 37.0 Å². The topological polar surface area (TPSA) is 26.3 Å². The van der Waals surface area contributed by atoms with Crippen LogP contribution in [0.25, 0.3) is 10.8 Å². The van der Waals surface area contributed by atoms with Crippen molar-refractivity contribution in [3.63, 3.8) is 0 Å². The molecular weight excluding hydrogens is 236 g/mol. The summed E-state index contributed by atoms with van der Waals surface area (Å²) in [5.41, 5.74) is 0.803. The Balaban J connectivity index is 2.41. The Morgan fingerprint density at radius 1 is 1.11 bits per heavy atom. The van der Waals surface area contributed by atoms with Crippen LogP contribution in [-0.4, -0.2) is 12.9 Å². The van der Waals surface area contributed by atoms with Gasteiger partial charge < -0.3 is 4.74 Å². The molecule has 2 aromatic carbocycles. The maximum atomic E-state index is 12.3. The van der Waals surface area contributed by atoms with Crippen LogP contribution in [0.3, 0.4) is 0 Å². The monoisotopic (exact) mass is 256 g/mol. The first kappa shape index (κ1) is 13.6. The Morgan fingerprint density at radius 3 is 2.42 bits per heavy atom. The van der Waals surface area contributed by atoms with Gasteiger partial charge in [0, 0.05) is 17.4 Å². The molecule has 0 radical (unpaired) electrons. The second-order valence-corrected chi connectivity index (χ2v) is 5.22. The minimum atomic E-state index is 0.215. The SMILES string of the molecule is COc1ccc(C(=O)CCC(C)C)c2ccccc12. The van der Waals surface area contributed by atoms with E-state index < -0.39 is 0 Å². The number of rotatable bonds is 5. The Labute approximate surface area is 114 Å². The smallest absolute Gasteiger partial charge is 0.163 e. The molecule has 0 saturated heterocycles. The van der Waals surface area contributed by atoms with Gasteiger partial charge in [0.05, 0.1) is 7.11 Å². The van der Waals surface area contributed by atoms with Crippen molar-refractivity contribution >= 4 is 16.6 Å². The highest BCUT2D eigenvalue weighted by Crippen LogP contribution is 2.29. The van der Waals surface area contributed by atoms with Gasteiger partial charge in [0.15, 0.2) is 5.78 Å². The molecule has 0 aliphatic carbocycles. The van der Waals surface area contributed by atoms with E-state index >= 15 is 0 Å². The van der Waals surface area contributed by atoms with Gasteiger partial charge in [-0.1, -0.05) is 38.1 Å². The third-order valence-electron chi connectivity index (χ3n) is 3.35. The average Bonchev–Trinajstić information content (AvgIpc) is 2.43. The van der Waals surface area contributed by atoms with Gasteiger partial charge in [-0.25, -0.2) is 0 Å². The Kier molecular flexibility index (Phi) is 4.20. The van der Waals surface area contributed by atoms with Crippen molar-refractivity contribution in [3.05, 3.63) is 42.0 Å². The number of carbonyl (C=O) groups is 1. The van der Waals surface area contributed by atoms with Crippen molar-refractivity contribution in [3.8, 4) is 5.75 Å². The number of hydrogen-bond acceptors (Lipinski definition) is 2. The highest BCUT2D eigenvalue weighted by molar-refractivity contribution is 6.09. The molecule has 0 aliphatic rings. The molecule has 0 heterocycles. The van der Waals surface area contributed by atoms with E-state index in [4.69, 9.17) is 4.74 Å². The van der Waals surface area contributed by atoms with Crippen molar-refractivity contribution in [2.75, 3.05) is 7.11 Å². The molecule has 0 fully saturated rings. The van der Waals surface area contributed by atoms with E-state index in [1.165, 1.54) is 0 Å². The van der Waals surface area contributed by atoms with Crippen molar-refractivity contribution in [1.29, 1.82) is 0 Å². The van der Waals surface area contributed by atoms with Gasteiger partial charge in [-0.2, -0.15) is 0 Å². The van der Waals surface area contributed by atoms with Crippen LogP contribution in [0.5, 0.6) is 5.75 Å². The minimum absolute atomic E-state index is 0.215. The van der Waals surface area contributed by atoms with Crippen LogP contribution in [0.15, 0.2) is 36.4 Å². The molecular formula is C17H20O2. The molecule has 0 N–H and O–H groups in total. The second kappa shape index (κ2) is 5.87. The maximum absolute atomic E-state index is 12.3. The summed E-state index contributed by atoms with van der Waals surface area (Å²) in [5, 5.41) is 1.98. The molecule has 0 saturated carbocycles. The summed E-state index contributed by atoms with van der Waals surface area (Å²) in [6.07, 6.45) is 1.53. The number of ketones is 1. The summed E-state index contributed by atoms with van der Waals surface area (Å²) in [6.45, 7) is 4.28. The third-order valence-corrected chi connectivity index (χ3v) is 3.35. The fourth-order valence-corrected chi connectivity index (χ4v) is 2.25. The predicted octanol–water partition coefficient (Wildman–Crippen LogP) is 4.47. The Morgan fingerprint density at radius 2 is 1.79 bits per heavy atom. The zero-order chi connectivity index (χ0) is 13.8. The molecule has 0 spiro atoms. The number of fused-ring (bicyclic) bond motifs is 1.